The average Bonchev–Trinajstić information content (AvgIpc) is 2.72. The van der Waals surface area contributed by atoms with Crippen LogP contribution in [0.5, 0.6) is 11.5 Å². The fourth-order valence-corrected chi connectivity index (χ4v) is 2.92. The van der Waals surface area contributed by atoms with Crippen LogP contribution < -0.4 is 20.1 Å². The molecule has 2 N–H and O–H groups in total. The molecule has 7 nitrogen and oxygen atoms in total. The molecule has 150 valence electrons. The topological polar surface area (TPSA) is 85.4 Å². The normalized spacial score (nSPS) is 10.3. The van der Waals surface area contributed by atoms with Gasteiger partial charge < -0.3 is 20.1 Å². The molecule has 1 amide bonds. The SMILES string of the molecule is COc1ccccc1CNc1cc(C(=O)Nc2cc(C)ccc2OC)nc(C)n1. The number of aromatic nitrogens is 2. The molecule has 2 aromatic carbocycles. The lowest BCUT2D eigenvalue weighted by molar-refractivity contribution is 0.102. The van der Waals surface area contributed by atoms with Crippen LogP contribution in [0.4, 0.5) is 11.5 Å². The van der Waals surface area contributed by atoms with E-state index in [0.717, 1.165) is 16.9 Å². The number of carbonyl (C=O) groups is 1. The highest BCUT2D eigenvalue weighted by molar-refractivity contribution is 6.04. The van der Waals surface area contributed by atoms with E-state index in [-0.39, 0.29) is 11.6 Å². The third kappa shape index (κ3) is 5.01. The van der Waals surface area contributed by atoms with E-state index in [1.807, 2.05) is 49.4 Å². The van der Waals surface area contributed by atoms with Gasteiger partial charge >= 0.3 is 0 Å². The Balaban J connectivity index is 1.78. The monoisotopic (exact) mass is 392 g/mol. The Bertz CT molecular complexity index is 1020. The van der Waals surface area contributed by atoms with Crippen LogP contribution in [0.3, 0.4) is 0 Å². The highest BCUT2D eigenvalue weighted by Crippen LogP contribution is 2.26. The number of anilines is 2. The molecule has 3 rings (SSSR count). The molecule has 0 fully saturated rings. The Morgan fingerprint density at radius 2 is 1.72 bits per heavy atom. The first-order chi connectivity index (χ1) is 14.0. The molecular weight excluding hydrogens is 368 g/mol. The summed E-state index contributed by atoms with van der Waals surface area (Å²) in [5, 5.41) is 6.09. The van der Waals surface area contributed by atoms with Crippen LogP contribution in [-0.2, 0) is 6.54 Å². The molecule has 1 aromatic heterocycles. The molecule has 7 heteroatoms. The Hall–Kier alpha value is -3.61. The molecule has 0 atom stereocenters. The smallest absolute Gasteiger partial charge is 0.274 e. The molecule has 1 heterocycles. The molecule has 0 saturated carbocycles. The Morgan fingerprint density at radius 3 is 2.48 bits per heavy atom. The standard InChI is InChI=1S/C22H24N4O3/c1-14-9-10-20(29-4)17(11-14)26-22(27)18-12-21(25-15(2)24-18)23-13-16-7-5-6-8-19(16)28-3/h5-12H,13H2,1-4H3,(H,26,27)(H,23,24,25). The first-order valence-corrected chi connectivity index (χ1v) is 9.17. The summed E-state index contributed by atoms with van der Waals surface area (Å²) < 4.78 is 10.7. The molecule has 0 unspecified atom stereocenters. The van der Waals surface area contributed by atoms with Gasteiger partial charge in [-0.1, -0.05) is 24.3 Å². The number of methoxy groups -OCH3 is 2. The number of nitrogens with zero attached hydrogens (tertiary/aromatic N) is 2. The average molecular weight is 392 g/mol. The summed E-state index contributed by atoms with van der Waals surface area (Å²) in [7, 11) is 3.20. The number of aryl methyl sites for hydroxylation is 2. The molecule has 0 spiro atoms. The fraction of sp³-hybridized carbons (Fsp3) is 0.227. The molecule has 0 aliphatic rings. The summed E-state index contributed by atoms with van der Waals surface area (Å²) in [6.07, 6.45) is 0. The van der Waals surface area contributed by atoms with Crippen molar-refractivity contribution < 1.29 is 14.3 Å². The maximum atomic E-state index is 12.8. The minimum atomic E-state index is -0.334. The number of carbonyl (C=O) groups excluding carboxylic acids is 1. The third-order valence-corrected chi connectivity index (χ3v) is 4.33. The van der Waals surface area contributed by atoms with Gasteiger partial charge in [0.1, 0.15) is 28.8 Å². The highest BCUT2D eigenvalue weighted by atomic mass is 16.5. The van der Waals surface area contributed by atoms with Crippen molar-refractivity contribution in [2.24, 2.45) is 0 Å². The van der Waals surface area contributed by atoms with Crippen LogP contribution in [0, 0.1) is 13.8 Å². The van der Waals surface area contributed by atoms with Crippen LogP contribution >= 0.6 is 0 Å². The van der Waals surface area contributed by atoms with E-state index in [1.54, 1.807) is 27.2 Å². The van der Waals surface area contributed by atoms with Crippen LogP contribution in [0.15, 0.2) is 48.5 Å². The number of rotatable bonds is 7. The maximum absolute atomic E-state index is 12.8. The molecule has 0 radical (unpaired) electrons. The van der Waals surface area contributed by atoms with Crippen molar-refractivity contribution in [1.82, 2.24) is 9.97 Å². The van der Waals surface area contributed by atoms with E-state index < -0.39 is 0 Å². The van der Waals surface area contributed by atoms with E-state index in [2.05, 4.69) is 20.6 Å². The van der Waals surface area contributed by atoms with Gasteiger partial charge in [-0.2, -0.15) is 0 Å². The zero-order chi connectivity index (χ0) is 20.8. The van der Waals surface area contributed by atoms with Gasteiger partial charge in [0.2, 0.25) is 0 Å². The van der Waals surface area contributed by atoms with Gasteiger partial charge in [0, 0.05) is 18.2 Å². The van der Waals surface area contributed by atoms with Gasteiger partial charge in [-0.3, -0.25) is 4.79 Å². The van der Waals surface area contributed by atoms with Crippen LogP contribution in [-0.4, -0.2) is 30.1 Å². The van der Waals surface area contributed by atoms with E-state index in [1.165, 1.54) is 0 Å². The Morgan fingerprint density at radius 1 is 0.966 bits per heavy atom. The van der Waals surface area contributed by atoms with Gasteiger partial charge in [-0.05, 0) is 37.6 Å². The number of hydrogen-bond acceptors (Lipinski definition) is 6. The van der Waals surface area contributed by atoms with Crippen molar-refractivity contribution in [3.05, 3.63) is 71.2 Å². The van der Waals surface area contributed by atoms with Crippen LogP contribution in [0.25, 0.3) is 0 Å². The summed E-state index contributed by atoms with van der Waals surface area (Å²) in [5.74, 6) is 2.10. The summed E-state index contributed by atoms with van der Waals surface area (Å²) in [5.41, 5.74) is 2.86. The number of hydrogen-bond donors (Lipinski definition) is 2. The second kappa shape index (κ2) is 9.05. The lowest BCUT2D eigenvalue weighted by atomic mass is 10.2. The summed E-state index contributed by atoms with van der Waals surface area (Å²) in [6, 6.07) is 14.9. The lowest BCUT2D eigenvalue weighted by Gasteiger charge is -2.13. The van der Waals surface area contributed by atoms with E-state index in [4.69, 9.17) is 9.47 Å². The highest BCUT2D eigenvalue weighted by Gasteiger charge is 2.14. The summed E-state index contributed by atoms with van der Waals surface area (Å²) >= 11 is 0. The molecule has 0 saturated heterocycles. The Kier molecular flexibility index (Phi) is 6.29. The van der Waals surface area contributed by atoms with Crippen molar-refractivity contribution in [2.45, 2.75) is 20.4 Å². The summed E-state index contributed by atoms with van der Waals surface area (Å²) in [6.45, 7) is 4.20. The fourth-order valence-electron chi connectivity index (χ4n) is 2.92. The van der Waals surface area contributed by atoms with Crippen LogP contribution in [0.1, 0.15) is 27.4 Å². The van der Waals surface area contributed by atoms with Crippen molar-refractivity contribution >= 4 is 17.4 Å². The second-order valence-corrected chi connectivity index (χ2v) is 6.51. The molecule has 0 bridgehead atoms. The zero-order valence-electron chi connectivity index (χ0n) is 16.9. The number of para-hydroxylation sites is 1. The number of amides is 1. The quantitative estimate of drug-likeness (QED) is 0.633. The van der Waals surface area contributed by atoms with E-state index in [0.29, 0.717) is 29.6 Å². The second-order valence-electron chi connectivity index (χ2n) is 6.51. The largest absolute Gasteiger partial charge is 0.496 e. The van der Waals surface area contributed by atoms with Gasteiger partial charge in [0.05, 0.1) is 19.9 Å². The first kappa shape index (κ1) is 20.1. The predicted molar refractivity (Wildman–Crippen MR) is 113 cm³/mol. The lowest BCUT2D eigenvalue weighted by Crippen LogP contribution is -2.16. The van der Waals surface area contributed by atoms with Crippen molar-refractivity contribution in [2.75, 3.05) is 24.9 Å². The first-order valence-electron chi connectivity index (χ1n) is 9.17. The van der Waals surface area contributed by atoms with E-state index >= 15 is 0 Å². The number of nitrogens with one attached hydrogen (secondary N) is 2. The van der Waals surface area contributed by atoms with Crippen molar-refractivity contribution in [3.63, 3.8) is 0 Å². The predicted octanol–water partition coefficient (Wildman–Crippen LogP) is 3.98. The van der Waals surface area contributed by atoms with Gasteiger partial charge in [0.25, 0.3) is 5.91 Å². The molecule has 3 aromatic rings. The zero-order valence-corrected chi connectivity index (χ0v) is 16.9. The molecule has 0 aliphatic carbocycles. The Labute approximate surface area is 170 Å². The molecule has 29 heavy (non-hydrogen) atoms. The summed E-state index contributed by atoms with van der Waals surface area (Å²) in [4.78, 5) is 21.4. The third-order valence-electron chi connectivity index (χ3n) is 4.33. The number of benzene rings is 2. The van der Waals surface area contributed by atoms with Gasteiger partial charge in [0.15, 0.2) is 0 Å². The maximum Gasteiger partial charge on any atom is 0.274 e. The van der Waals surface area contributed by atoms with Gasteiger partial charge in [-0.25, -0.2) is 9.97 Å². The minimum absolute atomic E-state index is 0.267. The minimum Gasteiger partial charge on any atom is -0.496 e. The molecule has 0 aliphatic heterocycles. The van der Waals surface area contributed by atoms with Gasteiger partial charge in [-0.15, -0.1) is 0 Å². The van der Waals surface area contributed by atoms with E-state index in [9.17, 15) is 4.79 Å². The molecular formula is C22H24N4O3. The van der Waals surface area contributed by atoms with Crippen LogP contribution in [0.2, 0.25) is 0 Å². The van der Waals surface area contributed by atoms with Crippen molar-refractivity contribution in [1.29, 1.82) is 0 Å². The van der Waals surface area contributed by atoms with Crippen molar-refractivity contribution in [3.8, 4) is 11.5 Å². The number of ether oxygens (including phenoxy) is 2.